The lowest BCUT2D eigenvalue weighted by Crippen LogP contribution is -2.36. The summed E-state index contributed by atoms with van der Waals surface area (Å²) in [6.45, 7) is 4.07. The number of nitrogens with zero attached hydrogens (tertiary/aromatic N) is 1. The normalized spacial score (nSPS) is 15.4. The van der Waals surface area contributed by atoms with Crippen molar-refractivity contribution in [3.8, 4) is 0 Å². The minimum Gasteiger partial charge on any atom is -0.379 e. The first-order valence-corrected chi connectivity index (χ1v) is 8.57. The van der Waals surface area contributed by atoms with Gasteiger partial charge in [-0.25, -0.2) is 0 Å². The summed E-state index contributed by atoms with van der Waals surface area (Å²) in [4.78, 5) is 18.4. The fraction of sp³-hybridized carbons (Fsp3) is 0.250. The molecule has 1 aromatic heterocycles. The summed E-state index contributed by atoms with van der Waals surface area (Å²) >= 11 is 0. The van der Waals surface area contributed by atoms with E-state index in [1.807, 2.05) is 54.7 Å². The van der Waals surface area contributed by atoms with Gasteiger partial charge in [0.25, 0.3) is 5.91 Å². The molecule has 0 saturated carbocycles. The van der Waals surface area contributed by atoms with Crippen LogP contribution in [0.1, 0.15) is 15.9 Å². The maximum atomic E-state index is 12.9. The van der Waals surface area contributed by atoms with E-state index in [0.717, 1.165) is 60.6 Å². The number of aromatic amines is 1. The summed E-state index contributed by atoms with van der Waals surface area (Å²) in [5.74, 6) is -0.0754. The number of anilines is 1. The van der Waals surface area contributed by atoms with Gasteiger partial charge in [-0.1, -0.05) is 36.4 Å². The molecule has 5 nitrogen and oxygen atoms in total. The Hall–Kier alpha value is -2.63. The van der Waals surface area contributed by atoms with Crippen LogP contribution in [0.2, 0.25) is 0 Å². The Balaban J connectivity index is 1.55. The Bertz CT molecular complexity index is 881. The van der Waals surface area contributed by atoms with Gasteiger partial charge in [0.1, 0.15) is 0 Å². The van der Waals surface area contributed by atoms with E-state index in [2.05, 4.69) is 15.2 Å². The lowest BCUT2D eigenvalue weighted by Gasteiger charge is -2.27. The highest BCUT2D eigenvalue weighted by Crippen LogP contribution is 2.23. The molecule has 2 aromatic carbocycles. The van der Waals surface area contributed by atoms with Crippen LogP contribution in [0.25, 0.3) is 10.9 Å². The fourth-order valence-corrected chi connectivity index (χ4v) is 3.24. The van der Waals surface area contributed by atoms with Crippen molar-refractivity contribution in [1.29, 1.82) is 0 Å². The zero-order chi connectivity index (χ0) is 17.1. The number of morpholine rings is 1. The molecule has 1 amide bonds. The van der Waals surface area contributed by atoms with Gasteiger partial charge in [-0.15, -0.1) is 0 Å². The zero-order valence-corrected chi connectivity index (χ0v) is 14.0. The van der Waals surface area contributed by atoms with Crippen molar-refractivity contribution in [2.45, 2.75) is 6.54 Å². The summed E-state index contributed by atoms with van der Waals surface area (Å²) in [6, 6.07) is 15.8. The van der Waals surface area contributed by atoms with Crippen molar-refractivity contribution in [3.63, 3.8) is 0 Å². The van der Waals surface area contributed by atoms with Crippen molar-refractivity contribution >= 4 is 22.5 Å². The van der Waals surface area contributed by atoms with Crippen molar-refractivity contribution in [3.05, 3.63) is 65.9 Å². The highest BCUT2D eigenvalue weighted by Gasteiger charge is 2.17. The van der Waals surface area contributed by atoms with E-state index in [4.69, 9.17) is 4.74 Å². The second-order valence-electron chi connectivity index (χ2n) is 6.25. The van der Waals surface area contributed by atoms with Crippen LogP contribution in [0.3, 0.4) is 0 Å². The SMILES string of the molecule is O=C(Nc1c[nH]c2ccccc12)c1ccccc1CN1CCOCC1. The lowest BCUT2D eigenvalue weighted by molar-refractivity contribution is 0.0341. The predicted octanol–water partition coefficient (Wildman–Crippen LogP) is 3.25. The van der Waals surface area contributed by atoms with E-state index >= 15 is 0 Å². The Morgan fingerprint density at radius 2 is 1.84 bits per heavy atom. The van der Waals surface area contributed by atoms with E-state index in [1.165, 1.54) is 0 Å². The van der Waals surface area contributed by atoms with Crippen molar-refractivity contribution in [2.24, 2.45) is 0 Å². The molecular weight excluding hydrogens is 314 g/mol. The molecule has 0 radical (unpaired) electrons. The molecule has 1 aliphatic rings. The van der Waals surface area contributed by atoms with Gasteiger partial charge in [0, 0.05) is 42.3 Å². The Kier molecular flexibility index (Phi) is 4.50. The fourth-order valence-electron chi connectivity index (χ4n) is 3.24. The van der Waals surface area contributed by atoms with Crippen molar-refractivity contribution in [1.82, 2.24) is 9.88 Å². The van der Waals surface area contributed by atoms with Gasteiger partial charge in [0.2, 0.25) is 0 Å². The second-order valence-corrected chi connectivity index (χ2v) is 6.25. The van der Waals surface area contributed by atoms with Crippen LogP contribution < -0.4 is 5.32 Å². The van der Waals surface area contributed by atoms with Crippen LogP contribution in [0, 0.1) is 0 Å². The molecule has 0 aliphatic carbocycles. The molecule has 2 N–H and O–H groups in total. The maximum Gasteiger partial charge on any atom is 0.256 e. The monoisotopic (exact) mass is 335 g/mol. The number of hydrogen-bond donors (Lipinski definition) is 2. The largest absolute Gasteiger partial charge is 0.379 e. The van der Waals surface area contributed by atoms with E-state index in [-0.39, 0.29) is 5.91 Å². The summed E-state index contributed by atoms with van der Waals surface area (Å²) in [5.41, 5.74) is 3.59. The number of aromatic nitrogens is 1. The first kappa shape index (κ1) is 15.9. The van der Waals surface area contributed by atoms with Gasteiger partial charge in [0.05, 0.1) is 18.9 Å². The number of fused-ring (bicyclic) bond motifs is 1. The standard InChI is InChI=1S/C20H21N3O2/c24-20(22-19-13-21-18-8-4-3-7-17(18)19)16-6-2-1-5-15(16)14-23-9-11-25-12-10-23/h1-8,13,21H,9-12,14H2,(H,22,24). The molecule has 1 saturated heterocycles. The topological polar surface area (TPSA) is 57.4 Å². The molecule has 0 atom stereocenters. The number of carbonyl (C=O) groups excluding carboxylic acids is 1. The van der Waals surface area contributed by atoms with Crippen molar-refractivity contribution in [2.75, 3.05) is 31.6 Å². The molecule has 128 valence electrons. The number of para-hydroxylation sites is 1. The maximum absolute atomic E-state index is 12.9. The van der Waals surface area contributed by atoms with E-state index < -0.39 is 0 Å². The number of carbonyl (C=O) groups is 1. The molecule has 1 fully saturated rings. The van der Waals surface area contributed by atoms with Gasteiger partial charge in [-0.3, -0.25) is 9.69 Å². The van der Waals surface area contributed by atoms with Crippen molar-refractivity contribution < 1.29 is 9.53 Å². The highest BCUT2D eigenvalue weighted by molar-refractivity contribution is 6.09. The minimum absolute atomic E-state index is 0.0754. The van der Waals surface area contributed by atoms with Crippen LogP contribution >= 0.6 is 0 Å². The molecule has 5 heteroatoms. The number of ether oxygens (including phenoxy) is 1. The number of nitrogens with one attached hydrogen (secondary N) is 2. The summed E-state index contributed by atoms with van der Waals surface area (Å²) < 4.78 is 5.40. The summed E-state index contributed by atoms with van der Waals surface area (Å²) in [7, 11) is 0. The zero-order valence-electron chi connectivity index (χ0n) is 14.0. The predicted molar refractivity (Wildman–Crippen MR) is 98.8 cm³/mol. The Morgan fingerprint density at radius 1 is 1.08 bits per heavy atom. The van der Waals surface area contributed by atoms with Crippen LogP contribution in [0.5, 0.6) is 0 Å². The lowest BCUT2D eigenvalue weighted by atomic mass is 10.1. The average molecular weight is 335 g/mol. The van der Waals surface area contributed by atoms with Gasteiger partial charge < -0.3 is 15.0 Å². The first-order chi connectivity index (χ1) is 12.3. The highest BCUT2D eigenvalue weighted by atomic mass is 16.5. The molecule has 2 heterocycles. The van der Waals surface area contributed by atoms with Crippen LogP contribution in [0.4, 0.5) is 5.69 Å². The minimum atomic E-state index is -0.0754. The van der Waals surface area contributed by atoms with E-state index in [0.29, 0.717) is 0 Å². The molecule has 4 rings (SSSR count). The molecule has 3 aromatic rings. The molecule has 25 heavy (non-hydrogen) atoms. The molecule has 1 aliphatic heterocycles. The van der Waals surface area contributed by atoms with E-state index in [1.54, 1.807) is 0 Å². The smallest absolute Gasteiger partial charge is 0.256 e. The van der Waals surface area contributed by atoms with Crippen LogP contribution in [-0.4, -0.2) is 42.1 Å². The molecular formula is C20H21N3O2. The molecule has 0 bridgehead atoms. The third-order valence-electron chi connectivity index (χ3n) is 4.60. The Morgan fingerprint density at radius 3 is 2.72 bits per heavy atom. The second kappa shape index (κ2) is 7.09. The molecule has 0 unspecified atom stereocenters. The third-order valence-corrected chi connectivity index (χ3v) is 4.60. The van der Waals surface area contributed by atoms with Gasteiger partial charge in [0.15, 0.2) is 0 Å². The number of amides is 1. The third kappa shape index (κ3) is 3.43. The number of rotatable bonds is 4. The van der Waals surface area contributed by atoms with Gasteiger partial charge in [-0.2, -0.15) is 0 Å². The van der Waals surface area contributed by atoms with Gasteiger partial charge >= 0.3 is 0 Å². The number of H-pyrrole nitrogens is 1. The number of hydrogen-bond acceptors (Lipinski definition) is 3. The first-order valence-electron chi connectivity index (χ1n) is 8.57. The Labute approximate surface area is 146 Å². The average Bonchev–Trinajstić information content (AvgIpc) is 3.06. The van der Waals surface area contributed by atoms with Gasteiger partial charge in [-0.05, 0) is 17.7 Å². The quantitative estimate of drug-likeness (QED) is 0.769. The van der Waals surface area contributed by atoms with E-state index in [9.17, 15) is 4.79 Å². The summed E-state index contributed by atoms with van der Waals surface area (Å²) in [5, 5.41) is 4.06. The summed E-state index contributed by atoms with van der Waals surface area (Å²) in [6.07, 6.45) is 1.84. The molecule has 0 spiro atoms. The van der Waals surface area contributed by atoms with Crippen LogP contribution in [-0.2, 0) is 11.3 Å². The number of benzene rings is 2. The van der Waals surface area contributed by atoms with Crippen LogP contribution in [0.15, 0.2) is 54.7 Å².